The summed E-state index contributed by atoms with van der Waals surface area (Å²) in [5, 5.41) is 0. The van der Waals surface area contributed by atoms with Gasteiger partial charge in [0.15, 0.2) is 5.78 Å². The van der Waals surface area contributed by atoms with Crippen LogP contribution in [0.2, 0.25) is 0 Å². The summed E-state index contributed by atoms with van der Waals surface area (Å²) in [5.74, 6) is 0.183. The molecule has 0 radical (unpaired) electrons. The number of hydrogen-bond acceptors (Lipinski definition) is 1. The summed E-state index contributed by atoms with van der Waals surface area (Å²) >= 11 is 3.46. The maximum Gasteiger partial charge on any atom is 0.163 e. The minimum atomic E-state index is 0.121. The van der Waals surface area contributed by atoms with Gasteiger partial charge in [-0.25, -0.2) is 0 Å². The molecule has 0 unspecified atom stereocenters. The standard InChI is InChI=1S/C13H17BrO/c1-5-12(15)10-7-6-9(8-11(10)14)13(2,3)4/h6-8H,5H2,1-4H3. The highest BCUT2D eigenvalue weighted by Gasteiger charge is 2.16. The Kier molecular flexibility index (Phi) is 3.72. The minimum absolute atomic E-state index is 0.121. The Balaban J connectivity index is 3.15. The predicted molar refractivity (Wildman–Crippen MR) is 67.5 cm³/mol. The topological polar surface area (TPSA) is 17.1 Å². The third-order valence-electron chi connectivity index (χ3n) is 2.46. The van der Waals surface area contributed by atoms with E-state index in [-0.39, 0.29) is 11.2 Å². The summed E-state index contributed by atoms with van der Waals surface area (Å²) in [4.78, 5) is 11.6. The third-order valence-corrected chi connectivity index (χ3v) is 3.11. The first kappa shape index (κ1) is 12.4. The van der Waals surface area contributed by atoms with Crippen molar-refractivity contribution in [2.24, 2.45) is 0 Å². The number of benzene rings is 1. The van der Waals surface area contributed by atoms with Crippen LogP contribution in [0.3, 0.4) is 0 Å². The van der Waals surface area contributed by atoms with Gasteiger partial charge in [-0.15, -0.1) is 0 Å². The van der Waals surface area contributed by atoms with Crippen LogP contribution >= 0.6 is 15.9 Å². The second-order valence-corrected chi connectivity index (χ2v) is 5.58. The van der Waals surface area contributed by atoms with E-state index in [1.54, 1.807) is 0 Å². The second kappa shape index (κ2) is 4.48. The smallest absolute Gasteiger partial charge is 0.163 e. The second-order valence-electron chi connectivity index (χ2n) is 4.72. The van der Waals surface area contributed by atoms with Crippen LogP contribution in [0.25, 0.3) is 0 Å². The van der Waals surface area contributed by atoms with Gasteiger partial charge in [-0.05, 0) is 23.1 Å². The minimum Gasteiger partial charge on any atom is -0.294 e. The van der Waals surface area contributed by atoms with Gasteiger partial charge in [-0.1, -0.05) is 49.7 Å². The molecule has 1 aromatic rings. The van der Waals surface area contributed by atoms with Crippen molar-refractivity contribution in [2.45, 2.75) is 39.5 Å². The maximum atomic E-state index is 11.6. The van der Waals surface area contributed by atoms with E-state index in [2.05, 4.69) is 36.7 Å². The average molecular weight is 269 g/mol. The molecule has 0 amide bonds. The van der Waals surface area contributed by atoms with Gasteiger partial charge >= 0.3 is 0 Å². The fraction of sp³-hybridized carbons (Fsp3) is 0.462. The van der Waals surface area contributed by atoms with Gasteiger partial charge in [-0.3, -0.25) is 4.79 Å². The number of carbonyl (C=O) groups excluding carboxylic acids is 1. The van der Waals surface area contributed by atoms with Crippen molar-refractivity contribution in [1.82, 2.24) is 0 Å². The lowest BCUT2D eigenvalue weighted by Gasteiger charge is -2.19. The number of Topliss-reactive ketones (excluding diaryl/α,β-unsaturated/α-hetero) is 1. The van der Waals surface area contributed by atoms with Gasteiger partial charge in [0.1, 0.15) is 0 Å². The SMILES string of the molecule is CCC(=O)c1ccc(C(C)(C)C)cc1Br. The number of carbonyl (C=O) groups is 1. The molecule has 0 heterocycles. The molecule has 0 aliphatic heterocycles. The lowest BCUT2D eigenvalue weighted by Crippen LogP contribution is -2.11. The lowest BCUT2D eigenvalue weighted by atomic mass is 9.86. The molecule has 0 saturated heterocycles. The predicted octanol–water partition coefficient (Wildman–Crippen LogP) is 4.34. The zero-order valence-electron chi connectivity index (χ0n) is 9.73. The summed E-state index contributed by atoms with van der Waals surface area (Å²) < 4.78 is 0.904. The number of halogens is 1. The number of rotatable bonds is 2. The molecule has 0 bridgehead atoms. The average Bonchev–Trinajstić information content (AvgIpc) is 2.15. The van der Waals surface area contributed by atoms with Crippen LogP contribution in [0.5, 0.6) is 0 Å². The molecule has 0 aliphatic carbocycles. The lowest BCUT2D eigenvalue weighted by molar-refractivity contribution is 0.0987. The summed E-state index contributed by atoms with van der Waals surface area (Å²) in [5.41, 5.74) is 2.14. The Bertz CT molecular complexity index is 375. The normalized spacial score (nSPS) is 11.5. The summed E-state index contributed by atoms with van der Waals surface area (Å²) in [6.07, 6.45) is 0.549. The van der Waals surface area contributed by atoms with E-state index < -0.39 is 0 Å². The van der Waals surface area contributed by atoms with Crippen molar-refractivity contribution < 1.29 is 4.79 Å². The van der Waals surface area contributed by atoms with Crippen LogP contribution in [-0.2, 0) is 5.41 Å². The first-order valence-electron chi connectivity index (χ1n) is 5.19. The third kappa shape index (κ3) is 2.91. The summed E-state index contributed by atoms with van der Waals surface area (Å²) in [6.45, 7) is 8.37. The van der Waals surface area contributed by atoms with E-state index in [9.17, 15) is 4.79 Å². The van der Waals surface area contributed by atoms with Gasteiger partial charge in [0.05, 0.1) is 0 Å². The van der Waals surface area contributed by atoms with E-state index in [4.69, 9.17) is 0 Å². The van der Waals surface area contributed by atoms with E-state index in [0.717, 1.165) is 10.0 Å². The van der Waals surface area contributed by atoms with Gasteiger partial charge in [0, 0.05) is 16.5 Å². The Morgan fingerprint density at radius 2 is 1.93 bits per heavy atom. The molecule has 1 aromatic carbocycles. The van der Waals surface area contributed by atoms with Crippen molar-refractivity contribution in [3.8, 4) is 0 Å². The maximum absolute atomic E-state index is 11.6. The van der Waals surface area contributed by atoms with Crippen molar-refractivity contribution in [3.05, 3.63) is 33.8 Å². The molecule has 0 aliphatic rings. The zero-order chi connectivity index (χ0) is 11.6. The molecule has 15 heavy (non-hydrogen) atoms. The molecule has 82 valence electrons. The monoisotopic (exact) mass is 268 g/mol. The van der Waals surface area contributed by atoms with Crippen LogP contribution in [-0.4, -0.2) is 5.78 Å². The summed E-state index contributed by atoms with van der Waals surface area (Å²) in [7, 11) is 0. The molecule has 2 heteroatoms. The molecular weight excluding hydrogens is 252 g/mol. The van der Waals surface area contributed by atoms with Crippen LogP contribution in [0, 0.1) is 0 Å². The van der Waals surface area contributed by atoms with E-state index >= 15 is 0 Å². The largest absolute Gasteiger partial charge is 0.294 e. The van der Waals surface area contributed by atoms with Gasteiger partial charge < -0.3 is 0 Å². The quantitative estimate of drug-likeness (QED) is 0.730. The first-order valence-corrected chi connectivity index (χ1v) is 5.98. The van der Waals surface area contributed by atoms with Crippen LogP contribution in [0.15, 0.2) is 22.7 Å². The van der Waals surface area contributed by atoms with Crippen LogP contribution < -0.4 is 0 Å². The molecule has 0 spiro atoms. The molecule has 1 rings (SSSR count). The first-order chi connectivity index (χ1) is 6.86. The Labute approximate surface area is 100 Å². The van der Waals surface area contributed by atoms with Gasteiger partial charge in [0.2, 0.25) is 0 Å². The van der Waals surface area contributed by atoms with Crippen molar-refractivity contribution in [2.75, 3.05) is 0 Å². The van der Waals surface area contributed by atoms with Crippen molar-refractivity contribution in [1.29, 1.82) is 0 Å². The molecule has 0 fully saturated rings. The highest BCUT2D eigenvalue weighted by molar-refractivity contribution is 9.10. The Morgan fingerprint density at radius 3 is 2.33 bits per heavy atom. The van der Waals surface area contributed by atoms with E-state index in [0.29, 0.717) is 6.42 Å². The van der Waals surface area contributed by atoms with Gasteiger partial charge in [-0.2, -0.15) is 0 Å². The zero-order valence-corrected chi connectivity index (χ0v) is 11.3. The van der Waals surface area contributed by atoms with Crippen molar-refractivity contribution in [3.63, 3.8) is 0 Å². The fourth-order valence-electron chi connectivity index (χ4n) is 1.40. The number of hydrogen-bond donors (Lipinski definition) is 0. The van der Waals surface area contributed by atoms with Crippen LogP contribution in [0.4, 0.5) is 0 Å². The highest BCUT2D eigenvalue weighted by atomic mass is 79.9. The molecule has 0 N–H and O–H groups in total. The number of ketones is 1. The van der Waals surface area contributed by atoms with E-state index in [1.807, 2.05) is 25.1 Å². The van der Waals surface area contributed by atoms with Crippen molar-refractivity contribution >= 4 is 21.7 Å². The van der Waals surface area contributed by atoms with Crippen LogP contribution in [0.1, 0.15) is 50.0 Å². The molecule has 0 aromatic heterocycles. The van der Waals surface area contributed by atoms with Gasteiger partial charge in [0.25, 0.3) is 0 Å². The molecule has 1 nitrogen and oxygen atoms in total. The Hall–Kier alpha value is -0.630. The molecular formula is C13H17BrO. The van der Waals surface area contributed by atoms with E-state index in [1.165, 1.54) is 5.56 Å². The summed E-state index contributed by atoms with van der Waals surface area (Å²) in [6, 6.07) is 5.99. The molecule has 0 saturated carbocycles. The Morgan fingerprint density at radius 1 is 1.33 bits per heavy atom. The highest BCUT2D eigenvalue weighted by Crippen LogP contribution is 2.27. The molecule has 0 atom stereocenters. The fourth-order valence-corrected chi connectivity index (χ4v) is 2.00.